The van der Waals surface area contributed by atoms with Gasteiger partial charge < -0.3 is 9.84 Å². The molecule has 8 heteroatoms. The van der Waals surface area contributed by atoms with Crippen molar-refractivity contribution in [2.24, 2.45) is 0 Å². The number of rotatable bonds is 2. The van der Waals surface area contributed by atoms with Crippen molar-refractivity contribution in [3.8, 4) is 11.5 Å². The van der Waals surface area contributed by atoms with Crippen molar-refractivity contribution in [2.75, 3.05) is 7.11 Å². The van der Waals surface area contributed by atoms with Crippen LogP contribution in [-0.4, -0.2) is 18.6 Å². The van der Waals surface area contributed by atoms with Crippen LogP contribution in [0.25, 0.3) is 0 Å². The summed E-state index contributed by atoms with van der Waals surface area (Å²) in [7, 11) is 1.39. The van der Waals surface area contributed by atoms with E-state index in [9.17, 15) is 9.90 Å². The minimum atomic E-state index is -5.84. The molecule has 0 atom stereocenters. The zero-order valence-electron chi connectivity index (χ0n) is 8.25. The molecule has 7 nitrogen and oxygen atoms in total. The van der Waals surface area contributed by atoms with Crippen LogP contribution in [0.4, 0.5) is 0 Å². The maximum absolute atomic E-state index is 11.1. The molecule has 16 heavy (non-hydrogen) atoms. The minimum absolute atomic E-state index is 0.129. The first-order valence-corrected chi connectivity index (χ1v) is 11.1. The predicted octanol–water partition coefficient (Wildman–Crippen LogP) is -0.770. The molecule has 0 radical (unpaired) electrons. The number of para-hydroxylation sites is 1. The zero-order valence-corrected chi connectivity index (χ0v) is 12.4. The molecule has 0 spiro atoms. The van der Waals surface area contributed by atoms with Crippen LogP contribution in [-0.2, 0) is 4.47 Å². The number of ether oxygens (including phenoxy) is 1. The summed E-state index contributed by atoms with van der Waals surface area (Å²) >= 11 is -5.84. The number of hydrogen-bond acceptors (Lipinski definition) is 5. The third-order valence-corrected chi connectivity index (χ3v) is 1.36. The Kier molecular flexibility index (Phi) is 6.22. The molecule has 0 heterocycles. The molecule has 0 bridgehead atoms. The van der Waals surface area contributed by atoms with Gasteiger partial charge in [-0.05, 0) is 6.07 Å². The topological polar surface area (TPSA) is 124 Å². The number of benzene rings is 1. The molecule has 2 N–H and O–H groups in total. The second kappa shape index (κ2) is 6.60. The average molecular weight is 455 g/mol. The molecule has 0 unspecified atom stereocenters. The van der Waals surface area contributed by atoms with Gasteiger partial charge in [-0.25, -0.2) is 0 Å². The van der Waals surface area contributed by atoms with Gasteiger partial charge in [-0.3, -0.25) is 4.79 Å². The van der Waals surface area contributed by atoms with Gasteiger partial charge in [0.05, 0.1) is 7.11 Å². The summed E-state index contributed by atoms with van der Waals surface area (Å²) in [5, 5.41) is 11.1. The number of methoxy groups -OCH3 is 1. The van der Waals surface area contributed by atoms with Crippen LogP contribution in [0.5, 0.6) is 11.5 Å². The van der Waals surface area contributed by atoms with E-state index in [0.717, 1.165) is 0 Å². The van der Waals surface area contributed by atoms with E-state index >= 15 is 0 Å². The van der Waals surface area contributed by atoms with Crippen molar-refractivity contribution >= 4 is 6.29 Å². The van der Waals surface area contributed by atoms with E-state index in [0.29, 0.717) is 6.29 Å². The summed E-state index contributed by atoms with van der Waals surface area (Å²) in [6, 6.07) is 4.58. The Labute approximate surface area is 98.1 Å². The van der Waals surface area contributed by atoms with Gasteiger partial charge in [0.15, 0.2) is 0 Å². The summed E-state index contributed by atoms with van der Waals surface area (Å²) in [4.78, 5) is 10.2. The second-order valence-electron chi connectivity index (χ2n) is 2.54. The van der Waals surface area contributed by atoms with Crippen LogP contribution >= 0.6 is 0 Å². The van der Waals surface area contributed by atoms with Gasteiger partial charge in [-0.2, -0.15) is 0 Å². The Bertz CT molecular complexity index is 443. The van der Waals surface area contributed by atoms with Gasteiger partial charge in [0, 0.05) is 5.56 Å². The summed E-state index contributed by atoms with van der Waals surface area (Å²) < 4.78 is 36.9. The van der Waals surface area contributed by atoms with Gasteiger partial charge in [0.1, 0.15) is 12.0 Å². The third-order valence-electron chi connectivity index (χ3n) is 1.36. The summed E-state index contributed by atoms with van der Waals surface area (Å²) in [5.41, 5.74) is 0.129. The van der Waals surface area contributed by atoms with Crippen molar-refractivity contribution < 1.29 is 49.8 Å². The van der Waals surface area contributed by atoms with Crippen molar-refractivity contribution in [1.82, 2.24) is 0 Å². The Morgan fingerprint density at radius 1 is 1.38 bits per heavy atom. The van der Waals surface area contributed by atoms with Gasteiger partial charge >= 0.3 is 35.1 Å². The maximum atomic E-state index is 11.1. The number of hydrogen-bond donors (Lipinski definition) is 2. The number of carbonyl (C=O) groups excluding carboxylic acids is 1. The van der Waals surface area contributed by atoms with Crippen LogP contribution in [0.2, 0.25) is 0 Å². The molecular weight excluding hydrogens is 446 g/mol. The summed E-state index contributed by atoms with van der Waals surface area (Å²) in [5.74, 6) is -0.153. The van der Waals surface area contributed by atoms with Crippen molar-refractivity contribution in [2.45, 2.75) is 0 Å². The SMILES string of the molecule is COc1cccc(C=O)c1[O-].[O]=[U](=[O])([OH])[OH]. The van der Waals surface area contributed by atoms with E-state index < -0.39 is 25.4 Å². The monoisotopic (exact) mass is 455 g/mol. The second-order valence-corrected chi connectivity index (χ2v) is 7.11. The van der Waals surface area contributed by atoms with E-state index in [1.165, 1.54) is 19.2 Å². The zero-order chi connectivity index (χ0) is 12.8. The molecule has 0 saturated carbocycles. The van der Waals surface area contributed by atoms with E-state index in [1.807, 2.05) is 0 Å². The van der Waals surface area contributed by atoms with E-state index in [-0.39, 0.29) is 17.1 Å². The van der Waals surface area contributed by atoms with E-state index in [2.05, 4.69) is 0 Å². The van der Waals surface area contributed by atoms with Gasteiger partial charge in [-0.1, -0.05) is 17.9 Å². The Morgan fingerprint density at radius 3 is 2.25 bits per heavy atom. The number of carbonyl (C=O) groups is 1. The Morgan fingerprint density at radius 2 is 1.88 bits per heavy atom. The molecule has 0 aromatic heterocycles. The molecule has 0 amide bonds. The molecule has 1 aromatic carbocycles. The van der Waals surface area contributed by atoms with Crippen molar-refractivity contribution in [3.63, 3.8) is 0 Å². The molecule has 88 valence electrons. The van der Waals surface area contributed by atoms with Crippen molar-refractivity contribution in [3.05, 3.63) is 23.8 Å². The average Bonchev–Trinajstić information content (AvgIpc) is 2.16. The predicted molar refractivity (Wildman–Crippen MR) is 43.6 cm³/mol. The molecular formula is C8H9O7U-. The molecule has 0 aliphatic rings. The van der Waals surface area contributed by atoms with Gasteiger partial charge in [0.2, 0.25) is 0 Å². The quantitative estimate of drug-likeness (QED) is 0.562. The fourth-order valence-electron chi connectivity index (χ4n) is 0.786. The molecule has 0 fully saturated rings. The Hall–Kier alpha value is -0.938. The molecule has 1 aromatic rings. The van der Waals surface area contributed by atoms with Crippen LogP contribution in [0.1, 0.15) is 10.4 Å². The fraction of sp³-hybridized carbons (Fsp3) is 0.125. The number of aldehydes is 1. The molecule has 0 aliphatic carbocycles. The third kappa shape index (κ3) is 6.53. The van der Waals surface area contributed by atoms with E-state index in [4.69, 9.17) is 14.4 Å². The van der Waals surface area contributed by atoms with Crippen LogP contribution < -0.4 is 9.84 Å². The summed E-state index contributed by atoms with van der Waals surface area (Å²) in [6.45, 7) is 0. The molecule has 0 saturated heterocycles. The van der Waals surface area contributed by atoms with Crippen LogP contribution in [0, 0.1) is 25.4 Å². The first-order chi connectivity index (χ1) is 7.29. The van der Waals surface area contributed by atoms with E-state index in [1.54, 1.807) is 6.07 Å². The summed E-state index contributed by atoms with van der Waals surface area (Å²) in [6.07, 6.45) is 0.519. The first kappa shape index (κ1) is 15.1. The fourth-order valence-corrected chi connectivity index (χ4v) is 0.786. The molecule has 1 rings (SSSR count). The van der Waals surface area contributed by atoms with Crippen LogP contribution in [0.15, 0.2) is 18.2 Å². The Balaban J connectivity index is 0.000000385. The van der Waals surface area contributed by atoms with Gasteiger partial charge in [0.25, 0.3) is 0 Å². The standard InChI is InChI=1S/C8H8O3.2H2O.2O.U/c1-11-7-4-2-3-6(5-9)8(7)10;;;;;/h2-5,10H,1H3;2*1H2;;;/q;;;;;+2/p-3. The van der Waals surface area contributed by atoms with Gasteiger partial charge in [-0.15, -0.1) is 0 Å². The van der Waals surface area contributed by atoms with Crippen molar-refractivity contribution in [1.29, 1.82) is 0 Å². The molecule has 0 aliphatic heterocycles. The van der Waals surface area contributed by atoms with Crippen LogP contribution in [0.3, 0.4) is 0 Å². The first-order valence-electron chi connectivity index (χ1n) is 3.94. The normalized spacial score (nSPS) is 9.94.